The highest BCUT2D eigenvalue weighted by atomic mass is 79.9. The minimum absolute atomic E-state index is 0. The molecule has 2 aliphatic rings. The number of halogens is 14. The summed E-state index contributed by atoms with van der Waals surface area (Å²) in [6.45, 7) is 14.6. The van der Waals surface area contributed by atoms with E-state index in [0.717, 1.165) is 60.1 Å². The van der Waals surface area contributed by atoms with Gasteiger partial charge in [-0.25, -0.2) is 19.3 Å². The molecule has 8 rings (SSSR count). The number of imidazole rings is 2. The van der Waals surface area contributed by atoms with Crippen LogP contribution in [0.4, 0.5) is 50.9 Å². The minimum Gasteiger partial charge on any atom is -0.338 e. The Labute approximate surface area is 493 Å². The van der Waals surface area contributed by atoms with E-state index in [1.165, 1.54) is 4.57 Å². The molecule has 2 saturated heterocycles. The number of anilines is 2. The molecule has 1 N–H and O–H groups in total. The molecule has 2 fully saturated rings. The van der Waals surface area contributed by atoms with Gasteiger partial charge in [-0.2, -0.15) is 49.7 Å². The van der Waals surface area contributed by atoms with E-state index in [1.54, 1.807) is 48.0 Å². The number of carbonyl (C=O) groups excluding carboxylic acids is 4. The summed E-state index contributed by atoms with van der Waals surface area (Å²) < 4.78 is 113. The van der Waals surface area contributed by atoms with Crippen molar-refractivity contribution in [3.8, 4) is 11.4 Å². The Kier molecular flexibility index (Phi) is 27.4. The number of alkyl halides is 12. The van der Waals surface area contributed by atoms with Gasteiger partial charge in [-0.05, 0) is 73.2 Å². The van der Waals surface area contributed by atoms with Crippen LogP contribution in [0.1, 0.15) is 135 Å². The number of carbonyl (C=O) groups is 4. The van der Waals surface area contributed by atoms with Crippen LogP contribution in [0.25, 0.3) is 11.4 Å². The van der Waals surface area contributed by atoms with Crippen molar-refractivity contribution in [3.05, 3.63) is 118 Å². The van der Waals surface area contributed by atoms with E-state index in [1.807, 2.05) is 66.8 Å². The zero-order valence-electron chi connectivity index (χ0n) is 42.8. The number of Topliss-reactive ketones (excluding diaryl/α,β-unsaturated/α-hetero) is 1. The minimum atomic E-state index is -4.75. The van der Waals surface area contributed by atoms with Crippen LogP contribution in [0.5, 0.6) is 0 Å². The van der Waals surface area contributed by atoms with Crippen LogP contribution in [0.3, 0.4) is 0 Å². The van der Waals surface area contributed by atoms with Crippen molar-refractivity contribution in [2.45, 2.75) is 140 Å². The van der Waals surface area contributed by atoms with E-state index in [9.17, 15) is 58.7 Å². The van der Waals surface area contributed by atoms with Crippen LogP contribution in [-0.4, -0.2) is 90.8 Å². The molecule has 6 heterocycles. The van der Waals surface area contributed by atoms with E-state index < -0.39 is 45.5 Å². The van der Waals surface area contributed by atoms with Gasteiger partial charge in [-0.15, -0.1) is 0 Å². The van der Waals surface area contributed by atoms with Crippen molar-refractivity contribution >= 4 is 106 Å². The lowest BCUT2D eigenvalue weighted by Gasteiger charge is -2.20. The van der Waals surface area contributed by atoms with E-state index in [0.29, 0.717) is 53.8 Å². The zero-order valence-corrected chi connectivity index (χ0v) is 49.1. The maximum atomic E-state index is 13.3. The Morgan fingerprint density at radius 3 is 1.49 bits per heavy atom. The highest BCUT2D eigenvalue weighted by Crippen LogP contribution is 2.38. The molecule has 2 aromatic carbocycles. The molecule has 0 aliphatic carbocycles. The number of rotatable bonds is 11. The fourth-order valence-corrected chi connectivity index (χ4v) is 8.95. The molecule has 80 heavy (non-hydrogen) atoms. The topological polar surface area (TPSA) is 157 Å². The highest BCUT2D eigenvalue weighted by Gasteiger charge is 2.42. The molecule has 2 aliphatic heterocycles. The van der Waals surface area contributed by atoms with E-state index in [-0.39, 0.29) is 49.2 Å². The maximum absolute atomic E-state index is 13.3. The number of amides is 2. The van der Waals surface area contributed by atoms with Gasteiger partial charge in [0.15, 0.2) is 5.69 Å². The van der Waals surface area contributed by atoms with Crippen LogP contribution in [0.2, 0.25) is 10.0 Å². The van der Waals surface area contributed by atoms with Gasteiger partial charge in [-0.1, -0.05) is 134 Å². The molecule has 2 amide bonds. The third-order valence-corrected chi connectivity index (χ3v) is 13.6. The largest absolute Gasteiger partial charge is 0.452 e. The van der Waals surface area contributed by atoms with Gasteiger partial charge in [-0.3, -0.25) is 14.4 Å². The average molecular weight is 1370 g/mol. The number of hydrogen-bond acceptors (Lipinski definition) is 8. The van der Waals surface area contributed by atoms with Gasteiger partial charge in [0.25, 0.3) is 5.78 Å². The molecule has 0 spiro atoms. The first-order valence-electron chi connectivity index (χ1n) is 23.9. The molecule has 442 valence electrons. The lowest BCUT2D eigenvalue weighted by Crippen LogP contribution is -2.29. The summed E-state index contributed by atoms with van der Waals surface area (Å²) in [6.07, 6.45) is -4.93. The summed E-state index contributed by atoms with van der Waals surface area (Å²) in [5.41, 5.74) is 3.45. The molecule has 28 heteroatoms. The monoisotopic (exact) mass is 1370 g/mol. The summed E-state index contributed by atoms with van der Waals surface area (Å²) in [7, 11) is 0. The molecule has 14 nitrogen and oxygen atoms in total. The molecule has 0 radical (unpaired) electrons. The predicted molar refractivity (Wildman–Crippen MR) is 303 cm³/mol. The SMILES string of the molecule is C.C.CC(C)c1c(N2CCC(Br)C2=O)cnn1-c1ccc(Cl)cc1.CCC=O.CCc1nc(C(F)(F)F)cn1C1CCN(c2cnn(-c3ccc(Cl)cc3)c2C(C)C)C1=O.CCc1ncc(C(F)(F)F)[nH]1.O=C(C(Br)Br)C(F)(F)F. The van der Waals surface area contributed by atoms with Crippen molar-refractivity contribution < 1.29 is 58.7 Å². The second-order valence-corrected chi connectivity index (χ2v) is 22.6. The van der Waals surface area contributed by atoms with Crippen molar-refractivity contribution in [1.29, 1.82) is 0 Å². The molecule has 6 aromatic rings. The van der Waals surface area contributed by atoms with Crippen molar-refractivity contribution in [1.82, 2.24) is 39.1 Å². The molecule has 2 unspecified atom stereocenters. The number of aromatic amines is 1. The summed E-state index contributed by atoms with van der Waals surface area (Å²) in [5.74, 6) is -1.08. The number of H-pyrrole nitrogens is 1. The lowest BCUT2D eigenvalue weighted by atomic mass is 10.1. The summed E-state index contributed by atoms with van der Waals surface area (Å²) >= 11 is 20.2. The molecular weight excluding hydrogens is 1310 g/mol. The fraction of sp³-hybridized carbons (Fsp3) is 0.462. The summed E-state index contributed by atoms with van der Waals surface area (Å²) in [4.78, 5) is 57.5. The van der Waals surface area contributed by atoms with Crippen LogP contribution < -0.4 is 9.80 Å². The van der Waals surface area contributed by atoms with Crippen molar-refractivity contribution in [2.24, 2.45) is 0 Å². The number of benzene rings is 2. The third kappa shape index (κ3) is 18.5. The number of aldehydes is 1. The Balaban J connectivity index is 0.000000393. The van der Waals surface area contributed by atoms with E-state index in [4.69, 9.17) is 23.2 Å². The normalized spacial score (nSPS) is 15.2. The van der Waals surface area contributed by atoms with E-state index >= 15 is 0 Å². The number of aryl methyl sites for hydroxylation is 2. The van der Waals surface area contributed by atoms with Crippen LogP contribution in [-0.2, 0) is 44.4 Å². The molecule has 0 bridgehead atoms. The van der Waals surface area contributed by atoms with Gasteiger partial charge in [0.05, 0.1) is 57.6 Å². The first-order valence-corrected chi connectivity index (χ1v) is 27.4. The molecule has 4 aromatic heterocycles. The Morgan fingerprint density at radius 2 is 1.18 bits per heavy atom. The van der Waals surface area contributed by atoms with Crippen LogP contribution >= 0.6 is 71.0 Å². The Morgan fingerprint density at radius 1 is 0.725 bits per heavy atom. The lowest BCUT2D eigenvalue weighted by molar-refractivity contribution is -0.168. The first-order chi connectivity index (χ1) is 36.4. The number of nitrogens with one attached hydrogen (secondary N) is 1. The van der Waals surface area contributed by atoms with Gasteiger partial charge in [0.1, 0.15) is 33.4 Å². The second-order valence-electron chi connectivity index (χ2n) is 17.6. The zero-order chi connectivity index (χ0) is 58.6. The highest BCUT2D eigenvalue weighted by molar-refractivity contribution is 9.25. The maximum Gasteiger partial charge on any atom is 0.452 e. The third-order valence-electron chi connectivity index (χ3n) is 11.4. The van der Waals surface area contributed by atoms with Gasteiger partial charge in [0, 0.05) is 48.6 Å². The first kappa shape index (κ1) is 71.1. The van der Waals surface area contributed by atoms with E-state index in [2.05, 4.69) is 86.8 Å². The quantitative estimate of drug-likeness (QED) is 0.0763. The summed E-state index contributed by atoms with van der Waals surface area (Å²) in [5, 5.41) is 10.3. The smallest absolute Gasteiger partial charge is 0.338 e. The van der Waals surface area contributed by atoms with Crippen molar-refractivity contribution in [2.75, 3.05) is 22.9 Å². The standard InChI is InChI=1S/C22H23ClF3N5O.C16H17BrClN3O.C6H7F3N2.C3HBr2F3O.C3H6O.2CH4/c1-4-19-28-18(22(24,25)26)12-30(19)16-9-10-29(21(16)32)17-11-27-31(20(17)13(2)3)15-7-5-14(23)6-8-15;1-10(2)15-14(20-8-7-13(17)16(20)22)9-19-21(15)12-5-3-11(18)4-6-12;1-2-5-10-3-4(11-5)6(7,8)9;4-2(5)1(9)3(6,7)8;1-2-3-4;;/h5-8,11-13,16H,4,9-10H2,1-3H3;3-6,9-10,13H,7-8H2,1-2H3;3H,2H2,1H3,(H,10,11);2H;3H,2H2,1H3;2*1H4. The second kappa shape index (κ2) is 30.8. The van der Waals surface area contributed by atoms with Crippen LogP contribution in [0, 0.1) is 0 Å². The molecule has 2 atom stereocenters. The van der Waals surface area contributed by atoms with Gasteiger partial charge >= 0.3 is 18.5 Å². The number of aromatic nitrogens is 8. The Bertz CT molecular complexity index is 2940. The van der Waals surface area contributed by atoms with Crippen LogP contribution in [0.15, 0.2) is 73.3 Å². The fourth-order valence-electron chi connectivity index (χ4n) is 7.73. The number of nitrogens with zero attached hydrogens (tertiary/aromatic N) is 9. The van der Waals surface area contributed by atoms with Crippen molar-refractivity contribution in [3.63, 3.8) is 0 Å². The molecular formula is C52H62Br3Cl2F9N10O4. The number of ketones is 1. The average Bonchev–Trinajstić information content (AvgIpc) is 4.25. The van der Waals surface area contributed by atoms with Gasteiger partial charge in [0.2, 0.25) is 11.8 Å². The predicted octanol–water partition coefficient (Wildman–Crippen LogP) is 15.6. The number of hydrogen-bond donors (Lipinski definition) is 1. The molecule has 0 saturated carbocycles. The summed E-state index contributed by atoms with van der Waals surface area (Å²) in [6, 6.07) is 14.1. The van der Waals surface area contributed by atoms with Gasteiger partial charge < -0.3 is 24.1 Å². The Hall–Kier alpha value is -5.05.